The van der Waals surface area contributed by atoms with Crippen molar-refractivity contribution in [3.8, 4) is 5.69 Å². The van der Waals surface area contributed by atoms with Gasteiger partial charge in [-0.2, -0.15) is 0 Å². The number of nitrogens with one attached hydrogen (secondary N) is 1. The van der Waals surface area contributed by atoms with E-state index in [0.717, 1.165) is 5.56 Å². The van der Waals surface area contributed by atoms with Crippen LogP contribution in [0.25, 0.3) is 16.9 Å². The van der Waals surface area contributed by atoms with Crippen LogP contribution in [0.4, 0.5) is 0 Å². The van der Waals surface area contributed by atoms with Crippen molar-refractivity contribution in [2.75, 3.05) is 0 Å². The number of nitrogens with zero attached hydrogens (tertiary/aromatic N) is 2. The minimum atomic E-state index is -1.33. The van der Waals surface area contributed by atoms with Crippen molar-refractivity contribution in [3.05, 3.63) is 94.5 Å². The highest BCUT2D eigenvalue weighted by molar-refractivity contribution is 5.94. The number of rotatable bonds is 7. The lowest BCUT2D eigenvalue weighted by atomic mass is 9.99. The van der Waals surface area contributed by atoms with E-state index in [1.807, 2.05) is 18.2 Å². The predicted octanol–water partition coefficient (Wildman–Crippen LogP) is 2.70. The predicted molar refractivity (Wildman–Crippen MR) is 113 cm³/mol. The Labute approximate surface area is 176 Å². The summed E-state index contributed by atoms with van der Waals surface area (Å²) in [5.74, 6) is -3.37. The van der Waals surface area contributed by atoms with Gasteiger partial charge in [-0.15, -0.1) is 0 Å². The second kappa shape index (κ2) is 8.66. The van der Waals surface area contributed by atoms with Gasteiger partial charge in [0.1, 0.15) is 6.61 Å². The van der Waals surface area contributed by atoms with Crippen molar-refractivity contribution >= 4 is 23.1 Å². The fourth-order valence-electron chi connectivity index (χ4n) is 3.30. The lowest BCUT2D eigenvalue weighted by Crippen LogP contribution is -2.28. The molecule has 0 spiro atoms. The van der Waals surface area contributed by atoms with Gasteiger partial charge in [0.05, 0.1) is 11.2 Å². The SMILES string of the molecule is O=C(O)C(Cc1ccc(-n2c(=O)[nH]c3cccnc32)cc1)C(=O)OCc1ccccc1. The molecule has 0 bridgehead atoms. The first-order valence-corrected chi connectivity index (χ1v) is 9.61. The minimum Gasteiger partial charge on any atom is -0.481 e. The molecule has 2 N–H and O–H groups in total. The number of H-pyrrole nitrogens is 1. The van der Waals surface area contributed by atoms with Crippen LogP contribution in [0.3, 0.4) is 0 Å². The highest BCUT2D eigenvalue weighted by Gasteiger charge is 2.28. The summed E-state index contributed by atoms with van der Waals surface area (Å²) in [4.78, 5) is 43.3. The number of carboxylic acids is 1. The normalized spacial score (nSPS) is 11.9. The van der Waals surface area contributed by atoms with E-state index in [9.17, 15) is 19.5 Å². The van der Waals surface area contributed by atoms with E-state index in [1.54, 1.807) is 54.7 Å². The number of fused-ring (bicyclic) bond motifs is 1. The van der Waals surface area contributed by atoms with E-state index in [0.29, 0.717) is 22.4 Å². The zero-order valence-corrected chi connectivity index (χ0v) is 16.4. The van der Waals surface area contributed by atoms with Crippen molar-refractivity contribution < 1.29 is 19.4 Å². The quantitative estimate of drug-likeness (QED) is 0.353. The lowest BCUT2D eigenvalue weighted by Gasteiger charge is -2.13. The highest BCUT2D eigenvalue weighted by atomic mass is 16.5. The van der Waals surface area contributed by atoms with E-state index in [-0.39, 0.29) is 18.7 Å². The Kier molecular flexibility index (Phi) is 5.61. The molecular weight excluding hydrogens is 398 g/mol. The summed E-state index contributed by atoms with van der Waals surface area (Å²) in [5, 5.41) is 9.50. The monoisotopic (exact) mass is 417 g/mol. The van der Waals surface area contributed by atoms with E-state index in [2.05, 4.69) is 9.97 Å². The Balaban J connectivity index is 1.50. The molecule has 4 rings (SSSR count). The van der Waals surface area contributed by atoms with Crippen molar-refractivity contribution in [1.29, 1.82) is 0 Å². The van der Waals surface area contributed by atoms with E-state index in [4.69, 9.17) is 4.74 Å². The average Bonchev–Trinajstić information content (AvgIpc) is 3.12. The molecule has 0 aliphatic rings. The van der Waals surface area contributed by atoms with Gasteiger partial charge in [-0.05, 0) is 41.8 Å². The van der Waals surface area contributed by atoms with Crippen LogP contribution in [-0.4, -0.2) is 31.6 Å². The topological polar surface area (TPSA) is 114 Å². The Bertz CT molecular complexity index is 1280. The molecule has 31 heavy (non-hydrogen) atoms. The number of ether oxygens (including phenoxy) is 1. The largest absolute Gasteiger partial charge is 0.481 e. The molecule has 8 heteroatoms. The van der Waals surface area contributed by atoms with Gasteiger partial charge in [0, 0.05) is 6.20 Å². The third kappa shape index (κ3) is 4.37. The molecule has 2 heterocycles. The second-order valence-corrected chi connectivity index (χ2v) is 6.99. The summed E-state index contributed by atoms with van der Waals surface area (Å²) in [6.07, 6.45) is 1.57. The summed E-state index contributed by atoms with van der Waals surface area (Å²) < 4.78 is 6.63. The number of benzene rings is 2. The molecule has 0 aliphatic heterocycles. The van der Waals surface area contributed by atoms with Gasteiger partial charge in [0.2, 0.25) is 0 Å². The Morgan fingerprint density at radius 3 is 2.45 bits per heavy atom. The van der Waals surface area contributed by atoms with Gasteiger partial charge in [-0.1, -0.05) is 42.5 Å². The van der Waals surface area contributed by atoms with Crippen LogP contribution in [0.2, 0.25) is 0 Å². The average molecular weight is 417 g/mol. The summed E-state index contributed by atoms with van der Waals surface area (Å²) in [5.41, 5.74) is 2.78. The summed E-state index contributed by atoms with van der Waals surface area (Å²) >= 11 is 0. The van der Waals surface area contributed by atoms with Crippen LogP contribution in [0.5, 0.6) is 0 Å². The molecule has 0 amide bonds. The fraction of sp³-hybridized carbons (Fsp3) is 0.130. The molecule has 2 aromatic carbocycles. The number of aromatic nitrogens is 3. The third-order valence-corrected chi connectivity index (χ3v) is 4.88. The zero-order valence-electron chi connectivity index (χ0n) is 16.4. The van der Waals surface area contributed by atoms with Crippen LogP contribution in [0.15, 0.2) is 77.7 Å². The van der Waals surface area contributed by atoms with Crippen LogP contribution < -0.4 is 5.69 Å². The number of aromatic amines is 1. The number of imidazole rings is 1. The highest BCUT2D eigenvalue weighted by Crippen LogP contribution is 2.17. The maximum Gasteiger partial charge on any atom is 0.332 e. The molecule has 1 unspecified atom stereocenters. The van der Waals surface area contributed by atoms with E-state index >= 15 is 0 Å². The van der Waals surface area contributed by atoms with Gasteiger partial charge < -0.3 is 14.8 Å². The van der Waals surface area contributed by atoms with E-state index < -0.39 is 17.9 Å². The number of carboxylic acid groups (broad SMARTS) is 1. The van der Waals surface area contributed by atoms with Crippen LogP contribution >= 0.6 is 0 Å². The number of pyridine rings is 1. The zero-order chi connectivity index (χ0) is 21.8. The van der Waals surface area contributed by atoms with Crippen molar-refractivity contribution in [1.82, 2.24) is 14.5 Å². The third-order valence-electron chi connectivity index (χ3n) is 4.88. The maximum atomic E-state index is 12.3. The number of esters is 1. The van der Waals surface area contributed by atoms with Gasteiger partial charge in [0.15, 0.2) is 11.6 Å². The van der Waals surface area contributed by atoms with Crippen LogP contribution in [-0.2, 0) is 27.4 Å². The molecule has 0 fully saturated rings. The second-order valence-electron chi connectivity index (χ2n) is 6.99. The fourth-order valence-corrected chi connectivity index (χ4v) is 3.30. The number of hydrogen-bond acceptors (Lipinski definition) is 5. The van der Waals surface area contributed by atoms with Crippen molar-refractivity contribution in [2.24, 2.45) is 5.92 Å². The number of hydrogen-bond donors (Lipinski definition) is 2. The summed E-state index contributed by atoms with van der Waals surface area (Å²) in [7, 11) is 0. The molecule has 1 atom stereocenters. The molecular formula is C23H19N3O5. The molecule has 0 aliphatic carbocycles. The van der Waals surface area contributed by atoms with Crippen LogP contribution in [0, 0.1) is 5.92 Å². The number of aliphatic carboxylic acids is 1. The van der Waals surface area contributed by atoms with Gasteiger partial charge in [-0.25, -0.2) is 14.3 Å². The lowest BCUT2D eigenvalue weighted by molar-refractivity contribution is -0.159. The first-order valence-electron chi connectivity index (χ1n) is 9.61. The van der Waals surface area contributed by atoms with Crippen molar-refractivity contribution in [3.63, 3.8) is 0 Å². The standard InChI is InChI=1S/C23H19N3O5/c27-21(28)18(22(29)31-14-16-5-2-1-3-6-16)13-15-8-10-17(11-9-15)26-20-19(25-23(26)30)7-4-12-24-20/h1-12,18H,13-14H2,(H,25,30)(H,27,28). The number of carbonyl (C=O) groups is 2. The molecule has 156 valence electrons. The Morgan fingerprint density at radius 1 is 1.00 bits per heavy atom. The van der Waals surface area contributed by atoms with Crippen molar-refractivity contribution in [2.45, 2.75) is 13.0 Å². The first-order chi connectivity index (χ1) is 15.0. The smallest absolute Gasteiger partial charge is 0.332 e. The van der Waals surface area contributed by atoms with E-state index in [1.165, 1.54) is 4.57 Å². The van der Waals surface area contributed by atoms with Gasteiger partial charge in [-0.3, -0.25) is 9.59 Å². The minimum absolute atomic E-state index is 0.0128. The summed E-state index contributed by atoms with van der Waals surface area (Å²) in [6, 6.07) is 19.3. The molecule has 2 aromatic heterocycles. The molecule has 0 saturated heterocycles. The summed E-state index contributed by atoms with van der Waals surface area (Å²) in [6.45, 7) is 0.0128. The van der Waals surface area contributed by atoms with Gasteiger partial charge in [0.25, 0.3) is 0 Å². The Hall–Kier alpha value is -4.20. The molecule has 4 aromatic rings. The first kappa shape index (κ1) is 20.1. The molecule has 8 nitrogen and oxygen atoms in total. The number of carbonyl (C=O) groups excluding carboxylic acids is 1. The Morgan fingerprint density at radius 2 is 1.74 bits per heavy atom. The van der Waals surface area contributed by atoms with Gasteiger partial charge >= 0.3 is 17.6 Å². The van der Waals surface area contributed by atoms with Crippen LogP contribution in [0.1, 0.15) is 11.1 Å². The maximum absolute atomic E-state index is 12.3. The molecule has 0 radical (unpaired) electrons. The molecule has 0 saturated carbocycles.